The summed E-state index contributed by atoms with van der Waals surface area (Å²) in [7, 11) is 2.66. The molecule has 52 valence electrons. The molecule has 1 aliphatic heterocycles. The minimum atomic E-state index is 0.727. The minimum Gasteiger partial charge on any atom is -0.376 e. The Morgan fingerprint density at radius 2 is 2.44 bits per heavy atom. The first-order chi connectivity index (χ1) is 4.29. The van der Waals surface area contributed by atoms with Gasteiger partial charge in [0.1, 0.15) is 0 Å². The zero-order valence-electron chi connectivity index (χ0n) is 5.47. The average molecular weight is 145 g/mol. The van der Waals surface area contributed by atoms with E-state index in [1.54, 1.807) is 0 Å². The van der Waals surface area contributed by atoms with Crippen LogP contribution in [0.15, 0.2) is 12.2 Å². The topological polar surface area (TPSA) is 12.5 Å². The second-order valence-corrected chi connectivity index (χ2v) is 3.00. The third-order valence-electron chi connectivity index (χ3n) is 1.26. The molecule has 0 saturated carbocycles. The molecule has 3 heteroatoms. The van der Waals surface area contributed by atoms with Gasteiger partial charge >= 0.3 is 0 Å². The summed E-state index contributed by atoms with van der Waals surface area (Å²) in [6, 6.07) is 0. The van der Waals surface area contributed by atoms with Gasteiger partial charge in [-0.3, -0.25) is 4.67 Å². The second kappa shape index (κ2) is 3.31. The summed E-state index contributed by atoms with van der Waals surface area (Å²) >= 11 is 0. The fourth-order valence-electron chi connectivity index (χ4n) is 0.810. The second-order valence-electron chi connectivity index (χ2n) is 2.27. The van der Waals surface area contributed by atoms with Crippen LogP contribution >= 0.6 is 9.39 Å². The lowest BCUT2D eigenvalue weighted by atomic mass is 10.3. The molecule has 0 aromatic heterocycles. The van der Waals surface area contributed by atoms with Crippen molar-refractivity contribution in [2.45, 2.75) is 0 Å². The molecular weight excluding hydrogens is 133 g/mol. The van der Waals surface area contributed by atoms with Crippen LogP contribution in [0.5, 0.6) is 0 Å². The van der Waals surface area contributed by atoms with Gasteiger partial charge in [0.25, 0.3) is 0 Å². The molecule has 1 rings (SSSR count). The molecule has 1 unspecified atom stereocenters. The zero-order valence-corrected chi connectivity index (χ0v) is 6.62. The quantitative estimate of drug-likeness (QED) is 0.367. The molecule has 9 heavy (non-hydrogen) atoms. The first kappa shape index (κ1) is 7.20. The van der Waals surface area contributed by atoms with Gasteiger partial charge in [0, 0.05) is 13.1 Å². The van der Waals surface area contributed by atoms with Gasteiger partial charge < -0.3 is 4.74 Å². The number of hydrogen-bond donors (Lipinski definition) is 0. The van der Waals surface area contributed by atoms with Crippen molar-refractivity contribution in [2.75, 3.05) is 26.3 Å². The van der Waals surface area contributed by atoms with Crippen LogP contribution in [0, 0.1) is 0 Å². The van der Waals surface area contributed by atoms with E-state index in [-0.39, 0.29) is 0 Å². The van der Waals surface area contributed by atoms with Crippen LogP contribution in [0.1, 0.15) is 0 Å². The Hall–Kier alpha value is 0.0900. The molecule has 0 spiro atoms. The standard InChI is InChI=1S/C6H12NOP/c1-6-4-7(9)2-3-8-5-6/h1-5,9H2. The highest BCUT2D eigenvalue weighted by atomic mass is 31.0. The van der Waals surface area contributed by atoms with Gasteiger partial charge in [-0.1, -0.05) is 16.0 Å². The van der Waals surface area contributed by atoms with Gasteiger partial charge in [0.15, 0.2) is 0 Å². The zero-order chi connectivity index (χ0) is 6.69. The lowest BCUT2D eigenvalue weighted by Gasteiger charge is -2.10. The highest BCUT2D eigenvalue weighted by Crippen LogP contribution is 2.06. The third kappa shape index (κ3) is 2.44. The molecule has 1 aliphatic rings. The van der Waals surface area contributed by atoms with Crippen molar-refractivity contribution in [1.29, 1.82) is 0 Å². The summed E-state index contributed by atoms with van der Waals surface area (Å²) < 4.78 is 7.36. The lowest BCUT2D eigenvalue weighted by molar-refractivity contribution is 0.164. The molecule has 0 aromatic rings. The van der Waals surface area contributed by atoms with Gasteiger partial charge in [-0.25, -0.2) is 0 Å². The number of nitrogens with zero attached hydrogens (tertiary/aromatic N) is 1. The molecule has 0 bridgehead atoms. The summed E-state index contributed by atoms with van der Waals surface area (Å²) in [4.78, 5) is 0. The monoisotopic (exact) mass is 145 g/mol. The van der Waals surface area contributed by atoms with E-state index in [4.69, 9.17) is 4.74 Å². The molecule has 1 heterocycles. The van der Waals surface area contributed by atoms with Crippen molar-refractivity contribution >= 4 is 9.39 Å². The van der Waals surface area contributed by atoms with Crippen molar-refractivity contribution in [2.24, 2.45) is 0 Å². The van der Waals surface area contributed by atoms with Crippen LogP contribution in [-0.2, 0) is 4.74 Å². The predicted molar refractivity (Wildman–Crippen MR) is 41.2 cm³/mol. The predicted octanol–water partition coefficient (Wildman–Crippen LogP) is 0.665. The fourth-order valence-corrected chi connectivity index (χ4v) is 1.17. The van der Waals surface area contributed by atoms with Crippen LogP contribution in [-0.4, -0.2) is 31.0 Å². The van der Waals surface area contributed by atoms with Crippen molar-refractivity contribution in [3.05, 3.63) is 12.2 Å². The summed E-state index contributed by atoms with van der Waals surface area (Å²) in [5.41, 5.74) is 1.16. The number of hydrogen-bond acceptors (Lipinski definition) is 2. The largest absolute Gasteiger partial charge is 0.376 e. The minimum absolute atomic E-state index is 0.727. The van der Waals surface area contributed by atoms with Crippen molar-refractivity contribution in [3.63, 3.8) is 0 Å². The van der Waals surface area contributed by atoms with Gasteiger partial charge in [-0.2, -0.15) is 0 Å². The van der Waals surface area contributed by atoms with E-state index in [0.29, 0.717) is 0 Å². The van der Waals surface area contributed by atoms with Crippen LogP contribution < -0.4 is 0 Å². The van der Waals surface area contributed by atoms with Crippen LogP contribution in [0.4, 0.5) is 0 Å². The maximum absolute atomic E-state index is 5.22. The molecule has 0 aliphatic carbocycles. The Kier molecular flexibility index (Phi) is 2.65. The van der Waals surface area contributed by atoms with E-state index < -0.39 is 0 Å². The lowest BCUT2D eigenvalue weighted by Crippen LogP contribution is -2.14. The average Bonchev–Trinajstić information content (AvgIpc) is 1.93. The Morgan fingerprint density at radius 1 is 1.67 bits per heavy atom. The van der Waals surface area contributed by atoms with Crippen LogP contribution in [0.3, 0.4) is 0 Å². The molecule has 1 saturated heterocycles. The molecule has 1 atom stereocenters. The maximum atomic E-state index is 5.22. The normalized spacial score (nSPS) is 23.9. The summed E-state index contributed by atoms with van der Waals surface area (Å²) in [6.45, 7) is 7.33. The first-order valence-corrected chi connectivity index (χ1v) is 3.55. The number of rotatable bonds is 0. The third-order valence-corrected chi connectivity index (χ3v) is 1.70. The molecule has 0 amide bonds. The van der Waals surface area contributed by atoms with Crippen molar-refractivity contribution in [3.8, 4) is 0 Å². The van der Waals surface area contributed by atoms with Crippen molar-refractivity contribution < 1.29 is 4.74 Å². The Bertz CT molecular complexity index is 116. The van der Waals surface area contributed by atoms with Gasteiger partial charge in [0.05, 0.1) is 13.2 Å². The van der Waals surface area contributed by atoms with Gasteiger partial charge in [0.2, 0.25) is 0 Å². The molecular formula is C6H12NOP. The van der Waals surface area contributed by atoms with E-state index in [0.717, 1.165) is 31.9 Å². The van der Waals surface area contributed by atoms with E-state index in [1.807, 2.05) is 0 Å². The molecule has 0 radical (unpaired) electrons. The van der Waals surface area contributed by atoms with Gasteiger partial charge in [-0.15, -0.1) is 0 Å². The first-order valence-electron chi connectivity index (χ1n) is 3.03. The van der Waals surface area contributed by atoms with Crippen molar-refractivity contribution in [1.82, 2.24) is 4.67 Å². The van der Waals surface area contributed by atoms with E-state index in [2.05, 4.69) is 20.6 Å². The highest BCUT2D eigenvalue weighted by Gasteiger charge is 2.05. The fraction of sp³-hybridized carbons (Fsp3) is 0.667. The summed E-state index contributed by atoms with van der Waals surface area (Å²) in [5, 5.41) is 0. The van der Waals surface area contributed by atoms with E-state index in [1.165, 1.54) is 0 Å². The molecule has 1 fully saturated rings. The molecule has 0 aromatic carbocycles. The van der Waals surface area contributed by atoms with E-state index in [9.17, 15) is 0 Å². The van der Waals surface area contributed by atoms with Gasteiger partial charge in [-0.05, 0) is 5.57 Å². The Balaban J connectivity index is 2.37. The van der Waals surface area contributed by atoms with Crippen LogP contribution in [0.25, 0.3) is 0 Å². The summed E-state index contributed by atoms with van der Waals surface area (Å²) in [5.74, 6) is 0. The SMILES string of the molecule is C=C1COCCN(P)C1. The van der Waals surface area contributed by atoms with Crippen LogP contribution in [0.2, 0.25) is 0 Å². The maximum Gasteiger partial charge on any atom is 0.0687 e. The smallest absolute Gasteiger partial charge is 0.0687 e. The number of ether oxygens (including phenoxy) is 1. The Morgan fingerprint density at radius 3 is 3.22 bits per heavy atom. The Labute approximate surface area is 58.1 Å². The highest BCUT2D eigenvalue weighted by molar-refractivity contribution is 7.13. The van der Waals surface area contributed by atoms with E-state index >= 15 is 0 Å². The molecule has 2 nitrogen and oxygen atoms in total. The summed E-state index contributed by atoms with van der Waals surface area (Å²) in [6.07, 6.45) is 0. The molecule has 0 N–H and O–H groups in total.